The number of urea groups is 1. The zero-order valence-electron chi connectivity index (χ0n) is 10.7. The summed E-state index contributed by atoms with van der Waals surface area (Å²) in [5.74, 6) is -1.78. The van der Waals surface area contributed by atoms with Gasteiger partial charge >= 0.3 is 12.0 Å². The molecule has 1 aromatic rings. The maximum atomic E-state index is 11.9. The Morgan fingerprint density at radius 1 is 1.40 bits per heavy atom. The first-order valence-corrected chi connectivity index (χ1v) is 6.10. The average molecular weight is 300 g/mol. The molecule has 0 radical (unpaired) electrons. The van der Waals surface area contributed by atoms with Crippen molar-refractivity contribution in [2.24, 2.45) is 5.73 Å². The fraction of sp³-hybridized carbons (Fsp3) is 0.250. The Bertz CT molecular complexity index is 548. The summed E-state index contributed by atoms with van der Waals surface area (Å²) in [6.45, 7) is 1.79. The van der Waals surface area contributed by atoms with Crippen LogP contribution in [0.25, 0.3) is 0 Å². The van der Waals surface area contributed by atoms with E-state index in [0.717, 1.165) is 0 Å². The summed E-state index contributed by atoms with van der Waals surface area (Å²) in [7, 11) is 0. The van der Waals surface area contributed by atoms with E-state index in [1.807, 2.05) is 0 Å². The molecule has 8 heteroatoms. The van der Waals surface area contributed by atoms with Crippen molar-refractivity contribution in [3.8, 4) is 0 Å². The highest BCUT2D eigenvalue weighted by Gasteiger charge is 2.15. The van der Waals surface area contributed by atoms with Crippen molar-refractivity contribution < 1.29 is 19.5 Å². The van der Waals surface area contributed by atoms with E-state index < -0.39 is 17.9 Å². The molecule has 0 fully saturated rings. The molecule has 0 saturated heterocycles. The molecule has 0 heterocycles. The lowest BCUT2D eigenvalue weighted by atomic mass is 10.2. The van der Waals surface area contributed by atoms with Crippen LogP contribution >= 0.6 is 11.6 Å². The minimum Gasteiger partial charge on any atom is -0.478 e. The van der Waals surface area contributed by atoms with E-state index in [9.17, 15) is 14.4 Å². The summed E-state index contributed by atoms with van der Waals surface area (Å²) in [5, 5.41) is 11.3. The number of benzene rings is 1. The van der Waals surface area contributed by atoms with Crippen molar-refractivity contribution >= 4 is 35.2 Å². The van der Waals surface area contributed by atoms with Crippen LogP contribution in [0.2, 0.25) is 5.02 Å². The summed E-state index contributed by atoms with van der Waals surface area (Å²) in [4.78, 5) is 34.7. The van der Waals surface area contributed by atoms with Crippen molar-refractivity contribution in [3.05, 3.63) is 28.8 Å². The third-order valence-electron chi connectivity index (χ3n) is 2.47. The number of carbonyl (C=O) groups is 3. The zero-order valence-corrected chi connectivity index (χ0v) is 11.5. The van der Waals surface area contributed by atoms with Crippen LogP contribution in [0.5, 0.6) is 0 Å². The maximum Gasteiger partial charge on any atom is 0.337 e. The van der Waals surface area contributed by atoms with Gasteiger partial charge in [0.2, 0.25) is 5.91 Å². The first-order chi connectivity index (χ1) is 9.35. The van der Waals surface area contributed by atoms with E-state index in [1.165, 1.54) is 23.1 Å². The Hall–Kier alpha value is -2.28. The molecule has 20 heavy (non-hydrogen) atoms. The van der Waals surface area contributed by atoms with E-state index in [-0.39, 0.29) is 17.1 Å². The molecule has 0 spiro atoms. The Labute approximate surface area is 120 Å². The van der Waals surface area contributed by atoms with Gasteiger partial charge in [-0.3, -0.25) is 4.79 Å². The highest BCUT2D eigenvalue weighted by atomic mass is 35.5. The van der Waals surface area contributed by atoms with Crippen molar-refractivity contribution in [3.63, 3.8) is 0 Å². The largest absolute Gasteiger partial charge is 0.478 e. The molecular weight excluding hydrogens is 286 g/mol. The van der Waals surface area contributed by atoms with Crippen LogP contribution in [0, 0.1) is 0 Å². The van der Waals surface area contributed by atoms with Crippen LogP contribution < -0.4 is 11.1 Å². The topological polar surface area (TPSA) is 113 Å². The Kier molecular flexibility index (Phi) is 5.33. The first kappa shape index (κ1) is 15.8. The molecule has 0 aliphatic heterocycles. The lowest BCUT2D eigenvalue weighted by Crippen LogP contribution is -2.40. The molecule has 7 nitrogen and oxygen atoms in total. The lowest BCUT2D eigenvalue weighted by Gasteiger charge is -2.19. The SMILES string of the molecule is CCN(CC(N)=O)C(=O)Nc1ccc(C(=O)O)c(Cl)c1. The molecule has 0 aromatic heterocycles. The molecule has 1 rings (SSSR count). The van der Waals surface area contributed by atoms with Gasteiger partial charge in [0.25, 0.3) is 0 Å². The predicted molar refractivity (Wildman–Crippen MR) is 73.9 cm³/mol. The number of likely N-dealkylation sites (N-methyl/N-ethyl adjacent to an activating group) is 1. The first-order valence-electron chi connectivity index (χ1n) is 5.72. The van der Waals surface area contributed by atoms with Gasteiger partial charge < -0.3 is 21.1 Å². The van der Waals surface area contributed by atoms with E-state index in [4.69, 9.17) is 22.4 Å². The van der Waals surface area contributed by atoms with Crippen LogP contribution in [-0.4, -0.2) is 41.0 Å². The molecule has 108 valence electrons. The van der Waals surface area contributed by atoms with Gasteiger partial charge in [0, 0.05) is 12.2 Å². The second kappa shape index (κ2) is 6.76. The number of hydrogen-bond donors (Lipinski definition) is 3. The molecule has 0 aliphatic rings. The number of aromatic carboxylic acids is 1. The summed E-state index contributed by atoms with van der Waals surface area (Å²) >= 11 is 5.79. The minimum absolute atomic E-state index is 0.00764. The second-order valence-electron chi connectivity index (χ2n) is 3.91. The van der Waals surface area contributed by atoms with Gasteiger partial charge in [-0.1, -0.05) is 11.6 Å². The van der Waals surface area contributed by atoms with Gasteiger partial charge in [-0.25, -0.2) is 9.59 Å². The van der Waals surface area contributed by atoms with Gasteiger partial charge in [0.05, 0.1) is 10.6 Å². The quantitative estimate of drug-likeness (QED) is 0.762. The zero-order chi connectivity index (χ0) is 15.3. The number of nitrogens with two attached hydrogens (primary N) is 1. The number of carbonyl (C=O) groups excluding carboxylic acids is 2. The number of anilines is 1. The van der Waals surface area contributed by atoms with Crippen LogP contribution in [0.4, 0.5) is 10.5 Å². The summed E-state index contributed by atoms with van der Waals surface area (Å²) in [6.07, 6.45) is 0. The van der Waals surface area contributed by atoms with Gasteiger partial charge in [0.1, 0.15) is 6.54 Å². The third-order valence-corrected chi connectivity index (χ3v) is 2.78. The molecule has 0 aliphatic carbocycles. The monoisotopic (exact) mass is 299 g/mol. The van der Waals surface area contributed by atoms with Crippen molar-refractivity contribution in [1.29, 1.82) is 0 Å². The van der Waals surface area contributed by atoms with Crippen LogP contribution in [0.15, 0.2) is 18.2 Å². The Balaban J connectivity index is 2.82. The lowest BCUT2D eigenvalue weighted by molar-refractivity contribution is -0.118. The molecule has 1 aromatic carbocycles. The van der Waals surface area contributed by atoms with E-state index in [2.05, 4.69) is 5.32 Å². The van der Waals surface area contributed by atoms with Crippen LogP contribution in [0.1, 0.15) is 17.3 Å². The maximum absolute atomic E-state index is 11.9. The molecule has 0 saturated carbocycles. The highest BCUT2D eigenvalue weighted by molar-refractivity contribution is 6.33. The van der Waals surface area contributed by atoms with Gasteiger partial charge in [0.15, 0.2) is 0 Å². The van der Waals surface area contributed by atoms with E-state index in [0.29, 0.717) is 12.2 Å². The fourth-order valence-corrected chi connectivity index (χ4v) is 1.75. The highest BCUT2D eigenvalue weighted by Crippen LogP contribution is 2.21. The summed E-state index contributed by atoms with van der Waals surface area (Å²) in [6, 6.07) is 3.49. The number of nitrogens with one attached hydrogen (secondary N) is 1. The number of carboxylic acid groups (broad SMARTS) is 1. The Morgan fingerprint density at radius 3 is 2.50 bits per heavy atom. The number of hydrogen-bond acceptors (Lipinski definition) is 3. The van der Waals surface area contributed by atoms with Crippen molar-refractivity contribution in [2.45, 2.75) is 6.92 Å². The van der Waals surface area contributed by atoms with Gasteiger partial charge in [-0.15, -0.1) is 0 Å². The second-order valence-corrected chi connectivity index (χ2v) is 4.32. The van der Waals surface area contributed by atoms with E-state index >= 15 is 0 Å². The molecule has 4 N–H and O–H groups in total. The smallest absolute Gasteiger partial charge is 0.337 e. The fourth-order valence-electron chi connectivity index (χ4n) is 1.48. The van der Waals surface area contributed by atoms with Crippen LogP contribution in [0.3, 0.4) is 0 Å². The molecule has 0 atom stereocenters. The third kappa shape index (κ3) is 4.13. The van der Waals surface area contributed by atoms with Gasteiger partial charge in [-0.2, -0.15) is 0 Å². The van der Waals surface area contributed by atoms with Gasteiger partial charge in [-0.05, 0) is 25.1 Å². The number of halogens is 1. The van der Waals surface area contributed by atoms with Crippen LogP contribution in [-0.2, 0) is 4.79 Å². The Morgan fingerprint density at radius 2 is 2.05 bits per heavy atom. The number of rotatable bonds is 5. The molecular formula is C12H14ClN3O4. The number of primary amides is 1. The molecule has 0 unspecified atom stereocenters. The number of carboxylic acids is 1. The summed E-state index contributed by atoms with van der Waals surface area (Å²) < 4.78 is 0. The molecule has 0 bridgehead atoms. The number of nitrogens with zero attached hydrogens (tertiary/aromatic N) is 1. The summed E-state index contributed by atoms with van der Waals surface area (Å²) in [5.41, 5.74) is 5.30. The molecule has 3 amide bonds. The number of amides is 3. The standard InChI is InChI=1S/C12H14ClN3O4/c1-2-16(6-10(14)17)12(20)15-7-3-4-8(11(18)19)9(13)5-7/h3-5H,2,6H2,1H3,(H2,14,17)(H,15,20)(H,18,19). The van der Waals surface area contributed by atoms with Crippen molar-refractivity contribution in [1.82, 2.24) is 4.90 Å². The predicted octanol–water partition coefficient (Wildman–Crippen LogP) is 1.38. The minimum atomic E-state index is -1.16. The normalized spacial score (nSPS) is 9.90. The average Bonchev–Trinajstić information content (AvgIpc) is 2.35. The van der Waals surface area contributed by atoms with E-state index in [1.54, 1.807) is 6.92 Å². The van der Waals surface area contributed by atoms with Crippen molar-refractivity contribution in [2.75, 3.05) is 18.4 Å².